The van der Waals surface area contributed by atoms with Gasteiger partial charge in [0, 0.05) is 0 Å². The van der Waals surface area contributed by atoms with Crippen molar-refractivity contribution in [3.63, 3.8) is 0 Å². The molecule has 21 heavy (non-hydrogen) atoms. The molecule has 1 aliphatic rings. The zero-order valence-corrected chi connectivity index (χ0v) is 16.4. The molecular weight excluding hydrogens is 252 g/mol. The summed E-state index contributed by atoms with van der Waals surface area (Å²) < 4.78 is 0. The van der Waals surface area contributed by atoms with Crippen molar-refractivity contribution in [3.05, 3.63) is 0 Å². The summed E-state index contributed by atoms with van der Waals surface area (Å²) in [6.07, 6.45) is 12.6. The van der Waals surface area contributed by atoms with Gasteiger partial charge in [0.05, 0.1) is 0 Å². The van der Waals surface area contributed by atoms with Crippen LogP contribution in [0.1, 0.15) is 113 Å². The lowest BCUT2D eigenvalue weighted by Crippen LogP contribution is -2.34. The van der Waals surface area contributed by atoms with E-state index in [9.17, 15) is 0 Å². The van der Waals surface area contributed by atoms with Crippen LogP contribution in [0.2, 0.25) is 0 Å². The van der Waals surface area contributed by atoms with Gasteiger partial charge in [-0.15, -0.1) is 0 Å². The molecule has 1 aliphatic carbocycles. The van der Waals surface area contributed by atoms with Crippen molar-refractivity contribution < 1.29 is 0 Å². The highest BCUT2D eigenvalue weighted by atomic mass is 14.4. The van der Waals surface area contributed by atoms with E-state index < -0.39 is 0 Å². The smallest absolute Gasteiger partial charge is 0.0316 e. The average molecular weight is 295 g/mol. The Kier molecular flexibility index (Phi) is 6.01. The van der Waals surface area contributed by atoms with Crippen LogP contribution in [0.4, 0.5) is 0 Å². The maximum atomic E-state index is 2.58. The van der Waals surface area contributed by atoms with Crippen LogP contribution < -0.4 is 0 Å². The Morgan fingerprint density at radius 1 is 0.762 bits per heavy atom. The van der Waals surface area contributed by atoms with Crippen molar-refractivity contribution in [2.45, 2.75) is 113 Å². The minimum absolute atomic E-state index is 0.472. The molecule has 1 rings (SSSR count). The van der Waals surface area contributed by atoms with E-state index in [4.69, 9.17) is 0 Å². The van der Waals surface area contributed by atoms with Gasteiger partial charge >= 0.3 is 0 Å². The fourth-order valence-electron chi connectivity index (χ4n) is 5.45. The maximum absolute atomic E-state index is 2.58. The van der Waals surface area contributed by atoms with Gasteiger partial charge in [0.2, 0.25) is 0 Å². The van der Waals surface area contributed by atoms with Gasteiger partial charge in [-0.3, -0.25) is 0 Å². The fourth-order valence-corrected chi connectivity index (χ4v) is 5.45. The molecule has 0 heteroatoms. The van der Waals surface area contributed by atoms with Crippen molar-refractivity contribution in [2.75, 3.05) is 0 Å². The average Bonchev–Trinajstić information content (AvgIpc) is 2.23. The van der Waals surface area contributed by atoms with Crippen LogP contribution in [0.25, 0.3) is 0 Å². The molecular formula is C21H42. The molecule has 0 N–H and O–H groups in total. The van der Waals surface area contributed by atoms with Crippen LogP contribution in [0.5, 0.6) is 0 Å². The molecule has 1 fully saturated rings. The first-order valence-corrected chi connectivity index (χ1v) is 9.39. The van der Waals surface area contributed by atoms with Crippen LogP contribution >= 0.6 is 0 Å². The normalized spacial score (nSPS) is 30.9. The summed E-state index contributed by atoms with van der Waals surface area (Å²) in [6, 6.07) is 0. The predicted molar refractivity (Wildman–Crippen MR) is 96.7 cm³/mol. The molecule has 126 valence electrons. The second-order valence-corrected chi connectivity index (χ2v) is 10.7. The predicted octanol–water partition coefficient (Wildman–Crippen LogP) is 7.62. The largest absolute Gasteiger partial charge is 0.0649 e. The van der Waals surface area contributed by atoms with Gasteiger partial charge in [-0.2, -0.15) is 0 Å². The first kappa shape index (κ1) is 19.0. The van der Waals surface area contributed by atoms with E-state index in [1.165, 1.54) is 57.8 Å². The first-order valence-electron chi connectivity index (χ1n) is 9.39. The molecule has 0 aliphatic heterocycles. The summed E-state index contributed by atoms with van der Waals surface area (Å²) in [5.41, 5.74) is 2.00. The van der Waals surface area contributed by atoms with Crippen LogP contribution in [-0.2, 0) is 0 Å². The van der Waals surface area contributed by atoms with E-state index in [0.29, 0.717) is 21.7 Å². The zero-order chi connectivity index (χ0) is 16.4. The van der Waals surface area contributed by atoms with E-state index in [2.05, 4.69) is 55.4 Å². The summed E-state index contributed by atoms with van der Waals surface area (Å²) in [6.45, 7) is 19.9. The molecule has 1 saturated carbocycles. The molecule has 0 amide bonds. The lowest BCUT2D eigenvalue weighted by atomic mass is 9.60. The molecule has 0 bridgehead atoms. The van der Waals surface area contributed by atoms with Crippen LogP contribution in [0, 0.1) is 21.7 Å². The molecule has 0 nitrogen and oxygen atoms in total. The second-order valence-electron chi connectivity index (χ2n) is 10.7. The maximum Gasteiger partial charge on any atom is -0.0316 e. The monoisotopic (exact) mass is 294 g/mol. The standard InChI is InChI=1S/C21H42/c1-9-18(2,3)16-21(8)14-12-10-11-13-19(4,5)15-20(6,7)17-21/h9-17H2,1-8H3. The van der Waals surface area contributed by atoms with Gasteiger partial charge in [-0.25, -0.2) is 0 Å². The van der Waals surface area contributed by atoms with Crippen molar-refractivity contribution >= 4 is 0 Å². The Hall–Kier alpha value is 0. The van der Waals surface area contributed by atoms with Crippen molar-refractivity contribution in [3.8, 4) is 0 Å². The summed E-state index contributed by atoms with van der Waals surface area (Å²) in [7, 11) is 0. The molecule has 0 saturated heterocycles. The van der Waals surface area contributed by atoms with Crippen LogP contribution in [0.15, 0.2) is 0 Å². The highest BCUT2D eigenvalue weighted by Gasteiger charge is 2.39. The second kappa shape index (κ2) is 6.63. The van der Waals surface area contributed by atoms with E-state index in [1.54, 1.807) is 0 Å². The van der Waals surface area contributed by atoms with E-state index in [1.807, 2.05) is 0 Å². The lowest BCUT2D eigenvalue weighted by Gasteiger charge is -2.45. The van der Waals surface area contributed by atoms with E-state index in [0.717, 1.165) is 0 Å². The SMILES string of the molecule is CCC(C)(C)CC1(C)CCCCCC(C)(C)CC(C)(C)C1. The Labute approximate surface area is 135 Å². The lowest BCUT2D eigenvalue weighted by molar-refractivity contribution is 0.0578. The van der Waals surface area contributed by atoms with Gasteiger partial charge < -0.3 is 0 Å². The molecule has 0 aromatic rings. The third kappa shape index (κ3) is 6.74. The summed E-state index contributed by atoms with van der Waals surface area (Å²) >= 11 is 0. The third-order valence-corrected chi connectivity index (χ3v) is 5.86. The summed E-state index contributed by atoms with van der Waals surface area (Å²) in [5.74, 6) is 0. The summed E-state index contributed by atoms with van der Waals surface area (Å²) in [4.78, 5) is 0. The Bertz CT molecular complexity index is 321. The number of rotatable bonds is 3. The molecule has 0 radical (unpaired) electrons. The zero-order valence-electron chi connectivity index (χ0n) is 16.4. The minimum atomic E-state index is 0.472. The van der Waals surface area contributed by atoms with Gasteiger partial charge in [-0.05, 0) is 53.8 Å². The minimum Gasteiger partial charge on any atom is -0.0649 e. The third-order valence-electron chi connectivity index (χ3n) is 5.86. The fraction of sp³-hybridized carbons (Fsp3) is 1.00. The van der Waals surface area contributed by atoms with Gasteiger partial charge in [0.25, 0.3) is 0 Å². The van der Waals surface area contributed by atoms with Gasteiger partial charge in [0.15, 0.2) is 0 Å². The topological polar surface area (TPSA) is 0 Å². The quantitative estimate of drug-likeness (QED) is 0.502. The number of hydrogen-bond acceptors (Lipinski definition) is 0. The Balaban J connectivity index is 2.92. The van der Waals surface area contributed by atoms with E-state index >= 15 is 0 Å². The number of hydrogen-bond donors (Lipinski definition) is 0. The summed E-state index contributed by atoms with van der Waals surface area (Å²) in [5, 5.41) is 0. The molecule has 0 aromatic carbocycles. The van der Waals surface area contributed by atoms with E-state index in [-0.39, 0.29) is 0 Å². The van der Waals surface area contributed by atoms with Gasteiger partial charge in [0.1, 0.15) is 0 Å². The molecule has 0 aromatic heterocycles. The van der Waals surface area contributed by atoms with Crippen molar-refractivity contribution in [1.29, 1.82) is 0 Å². The van der Waals surface area contributed by atoms with Crippen LogP contribution in [0.3, 0.4) is 0 Å². The van der Waals surface area contributed by atoms with Crippen molar-refractivity contribution in [2.24, 2.45) is 21.7 Å². The molecule has 1 atom stereocenters. The van der Waals surface area contributed by atoms with Crippen LogP contribution in [-0.4, -0.2) is 0 Å². The molecule has 1 unspecified atom stereocenters. The van der Waals surface area contributed by atoms with Gasteiger partial charge in [-0.1, -0.05) is 81.1 Å². The Morgan fingerprint density at radius 2 is 1.33 bits per heavy atom. The molecule has 0 heterocycles. The first-order chi connectivity index (χ1) is 9.39. The molecule has 0 spiro atoms. The van der Waals surface area contributed by atoms with Crippen molar-refractivity contribution in [1.82, 2.24) is 0 Å². The highest BCUT2D eigenvalue weighted by Crippen LogP contribution is 2.51. The Morgan fingerprint density at radius 3 is 1.90 bits per heavy atom. The highest BCUT2D eigenvalue weighted by molar-refractivity contribution is 4.90.